The summed E-state index contributed by atoms with van der Waals surface area (Å²) in [5.74, 6) is 0. The van der Waals surface area contributed by atoms with Crippen molar-refractivity contribution >= 4 is 0 Å². The Hall–Kier alpha value is -1.87. The molecule has 1 N–H and O–H groups in total. The molecule has 118 valence electrons. The second-order valence-electron chi connectivity index (χ2n) is 5.72. The molecule has 1 aromatic heterocycles. The zero-order valence-electron chi connectivity index (χ0n) is 13.9. The van der Waals surface area contributed by atoms with Crippen molar-refractivity contribution in [2.45, 2.75) is 46.6 Å². The number of nitrogens with one attached hydrogen (secondary N) is 1. The number of nitrogens with zero attached hydrogens (tertiary/aromatic N) is 1. The van der Waals surface area contributed by atoms with Crippen LogP contribution < -0.4 is 10.7 Å². The molecular weight excluding hydrogens is 272 g/mol. The first-order chi connectivity index (χ1) is 10.7. The average Bonchev–Trinajstić information content (AvgIpc) is 2.53. The van der Waals surface area contributed by atoms with Crippen LogP contribution in [0.2, 0.25) is 0 Å². The van der Waals surface area contributed by atoms with E-state index >= 15 is 0 Å². The number of aryl methyl sites for hydroxylation is 2. The monoisotopic (exact) mass is 298 g/mol. The molecule has 0 amide bonds. The zero-order valence-corrected chi connectivity index (χ0v) is 13.9. The maximum atomic E-state index is 12.0. The van der Waals surface area contributed by atoms with E-state index in [1.54, 1.807) is 6.07 Å². The molecule has 0 aliphatic rings. The first kappa shape index (κ1) is 16.5. The van der Waals surface area contributed by atoms with Gasteiger partial charge in [-0.25, -0.2) is 0 Å². The fourth-order valence-electron chi connectivity index (χ4n) is 2.55. The van der Waals surface area contributed by atoms with E-state index in [0.29, 0.717) is 6.54 Å². The van der Waals surface area contributed by atoms with Gasteiger partial charge in [-0.15, -0.1) is 0 Å². The number of unbranched alkanes of at least 4 members (excludes halogenated alkanes) is 1. The second-order valence-corrected chi connectivity index (χ2v) is 5.72. The van der Waals surface area contributed by atoms with Gasteiger partial charge in [-0.3, -0.25) is 4.79 Å². The Kier molecular flexibility index (Phi) is 5.96. The van der Waals surface area contributed by atoms with Gasteiger partial charge in [-0.2, -0.15) is 0 Å². The van der Waals surface area contributed by atoms with Crippen LogP contribution in [0.25, 0.3) is 5.69 Å². The molecule has 0 fully saturated rings. The number of pyridine rings is 1. The van der Waals surface area contributed by atoms with Gasteiger partial charge in [0.15, 0.2) is 5.43 Å². The van der Waals surface area contributed by atoms with Crippen LogP contribution >= 0.6 is 0 Å². The van der Waals surface area contributed by atoms with E-state index in [4.69, 9.17) is 0 Å². The number of benzene rings is 1. The molecule has 0 aliphatic carbocycles. The van der Waals surface area contributed by atoms with Gasteiger partial charge in [0.1, 0.15) is 0 Å². The maximum absolute atomic E-state index is 12.0. The smallest absolute Gasteiger partial charge is 0.186 e. The Morgan fingerprint density at radius 1 is 1.14 bits per heavy atom. The summed E-state index contributed by atoms with van der Waals surface area (Å²) in [5.41, 5.74) is 4.36. The van der Waals surface area contributed by atoms with Crippen molar-refractivity contribution in [3.8, 4) is 5.69 Å². The highest BCUT2D eigenvalue weighted by Crippen LogP contribution is 2.14. The highest BCUT2D eigenvalue weighted by Gasteiger charge is 2.05. The van der Waals surface area contributed by atoms with Crippen molar-refractivity contribution in [2.75, 3.05) is 6.54 Å². The van der Waals surface area contributed by atoms with Gasteiger partial charge >= 0.3 is 0 Å². The molecule has 0 aliphatic heterocycles. The topological polar surface area (TPSA) is 34.0 Å². The first-order valence-corrected chi connectivity index (χ1v) is 8.18. The van der Waals surface area contributed by atoms with Crippen LogP contribution in [0.1, 0.15) is 43.5 Å². The molecular formula is C19H26N2O. The average molecular weight is 298 g/mol. The van der Waals surface area contributed by atoms with Crippen LogP contribution in [-0.4, -0.2) is 11.1 Å². The van der Waals surface area contributed by atoms with Gasteiger partial charge < -0.3 is 9.88 Å². The van der Waals surface area contributed by atoms with Crippen LogP contribution in [0, 0.1) is 6.92 Å². The van der Waals surface area contributed by atoms with Crippen molar-refractivity contribution in [3.05, 3.63) is 63.6 Å². The standard InChI is InChI=1S/C19H26N2O/c1-4-6-7-16-8-10-18(11-9-16)21-14-17(13-20-5-2)19(22)12-15(21)3/h8-12,14,20H,4-7,13H2,1-3H3. The molecule has 3 heteroatoms. The summed E-state index contributed by atoms with van der Waals surface area (Å²) in [6, 6.07) is 10.4. The second kappa shape index (κ2) is 7.95. The summed E-state index contributed by atoms with van der Waals surface area (Å²) in [4.78, 5) is 12.0. The quantitative estimate of drug-likeness (QED) is 0.847. The summed E-state index contributed by atoms with van der Waals surface area (Å²) in [6.45, 7) is 7.71. The van der Waals surface area contributed by atoms with Gasteiger partial charge in [0.05, 0.1) is 0 Å². The SMILES string of the molecule is CCCCc1ccc(-n2cc(CNCC)c(=O)cc2C)cc1. The van der Waals surface area contributed by atoms with E-state index in [-0.39, 0.29) is 5.43 Å². The lowest BCUT2D eigenvalue weighted by atomic mass is 10.1. The molecule has 2 aromatic rings. The van der Waals surface area contributed by atoms with Crippen molar-refractivity contribution in [2.24, 2.45) is 0 Å². The van der Waals surface area contributed by atoms with Crippen molar-refractivity contribution in [3.63, 3.8) is 0 Å². The van der Waals surface area contributed by atoms with Gasteiger partial charge in [-0.1, -0.05) is 32.4 Å². The zero-order chi connectivity index (χ0) is 15.9. The summed E-state index contributed by atoms with van der Waals surface area (Å²) >= 11 is 0. The van der Waals surface area contributed by atoms with Crippen LogP contribution in [0.15, 0.2) is 41.3 Å². The molecule has 1 aromatic carbocycles. The lowest BCUT2D eigenvalue weighted by Gasteiger charge is -2.13. The Morgan fingerprint density at radius 3 is 2.50 bits per heavy atom. The van der Waals surface area contributed by atoms with E-state index in [9.17, 15) is 4.79 Å². The first-order valence-electron chi connectivity index (χ1n) is 8.18. The van der Waals surface area contributed by atoms with E-state index in [0.717, 1.165) is 29.9 Å². The minimum absolute atomic E-state index is 0.106. The number of aromatic nitrogens is 1. The van der Waals surface area contributed by atoms with Gasteiger partial charge in [-0.05, 0) is 44.0 Å². The van der Waals surface area contributed by atoms with Crippen LogP contribution in [-0.2, 0) is 13.0 Å². The largest absolute Gasteiger partial charge is 0.321 e. The Balaban J connectivity index is 2.29. The molecule has 22 heavy (non-hydrogen) atoms. The molecule has 0 radical (unpaired) electrons. The lowest BCUT2D eigenvalue weighted by molar-refractivity contribution is 0.716. The normalized spacial score (nSPS) is 10.9. The number of hydrogen-bond acceptors (Lipinski definition) is 2. The molecule has 3 nitrogen and oxygen atoms in total. The van der Waals surface area contributed by atoms with Crippen LogP contribution in [0.4, 0.5) is 0 Å². The summed E-state index contributed by atoms with van der Waals surface area (Å²) in [6.07, 6.45) is 5.53. The third-order valence-electron chi connectivity index (χ3n) is 3.92. The fourth-order valence-corrected chi connectivity index (χ4v) is 2.55. The molecule has 0 bridgehead atoms. The third-order valence-corrected chi connectivity index (χ3v) is 3.92. The maximum Gasteiger partial charge on any atom is 0.186 e. The van der Waals surface area contributed by atoms with Crippen molar-refractivity contribution in [1.29, 1.82) is 0 Å². The molecule has 1 heterocycles. The minimum atomic E-state index is 0.106. The predicted molar refractivity (Wildman–Crippen MR) is 92.8 cm³/mol. The van der Waals surface area contributed by atoms with E-state index in [1.807, 2.05) is 20.0 Å². The molecule has 0 atom stereocenters. The van der Waals surface area contributed by atoms with Crippen LogP contribution in [0.3, 0.4) is 0 Å². The van der Waals surface area contributed by atoms with E-state index in [1.165, 1.54) is 18.4 Å². The number of hydrogen-bond donors (Lipinski definition) is 1. The third kappa shape index (κ3) is 4.08. The van der Waals surface area contributed by atoms with E-state index in [2.05, 4.69) is 41.1 Å². The molecule has 0 spiro atoms. The summed E-state index contributed by atoms with van der Waals surface area (Å²) in [5, 5.41) is 3.22. The summed E-state index contributed by atoms with van der Waals surface area (Å²) in [7, 11) is 0. The Labute approximate surface area is 133 Å². The highest BCUT2D eigenvalue weighted by molar-refractivity contribution is 5.37. The Bertz CT molecular complexity index is 656. The fraction of sp³-hybridized carbons (Fsp3) is 0.421. The molecule has 0 saturated carbocycles. The molecule has 0 saturated heterocycles. The van der Waals surface area contributed by atoms with Crippen molar-refractivity contribution < 1.29 is 0 Å². The van der Waals surface area contributed by atoms with Crippen molar-refractivity contribution in [1.82, 2.24) is 9.88 Å². The van der Waals surface area contributed by atoms with Crippen LogP contribution in [0.5, 0.6) is 0 Å². The molecule has 2 rings (SSSR count). The minimum Gasteiger partial charge on any atom is -0.321 e. The van der Waals surface area contributed by atoms with E-state index < -0.39 is 0 Å². The summed E-state index contributed by atoms with van der Waals surface area (Å²) < 4.78 is 2.09. The number of rotatable bonds is 7. The molecule has 0 unspecified atom stereocenters. The van der Waals surface area contributed by atoms with Gasteiger partial charge in [0.2, 0.25) is 0 Å². The van der Waals surface area contributed by atoms with Gasteiger partial charge in [0, 0.05) is 35.8 Å². The lowest BCUT2D eigenvalue weighted by Crippen LogP contribution is -2.21. The van der Waals surface area contributed by atoms with Gasteiger partial charge in [0.25, 0.3) is 0 Å². The Morgan fingerprint density at radius 2 is 1.86 bits per heavy atom. The predicted octanol–water partition coefficient (Wildman–Crippen LogP) is 3.60. The highest BCUT2D eigenvalue weighted by atomic mass is 16.1.